The van der Waals surface area contributed by atoms with Gasteiger partial charge in [0.15, 0.2) is 0 Å². The lowest BCUT2D eigenvalue weighted by atomic mass is 10.2. The van der Waals surface area contributed by atoms with Crippen molar-refractivity contribution in [2.24, 2.45) is 0 Å². The van der Waals surface area contributed by atoms with Crippen LogP contribution in [0.25, 0.3) is 0 Å². The maximum Gasteiger partial charge on any atom is 0.150 e. The summed E-state index contributed by atoms with van der Waals surface area (Å²) < 4.78 is 5.62. The second-order valence-corrected chi connectivity index (χ2v) is 4.16. The molecular weight excluding hydrogens is 240 g/mol. The fourth-order valence-electron chi connectivity index (χ4n) is 1.67. The van der Waals surface area contributed by atoms with Gasteiger partial charge in [-0.25, -0.2) is 0 Å². The van der Waals surface area contributed by atoms with E-state index in [0.29, 0.717) is 12.2 Å². The number of rotatable bonds is 6. The van der Waals surface area contributed by atoms with Crippen LogP contribution in [-0.4, -0.2) is 31.5 Å². The van der Waals surface area contributed by atoms with Gasteiger partial charge in [-0.2, -0.15) is 0 Å². The first-order chi connectivity index (χ1) is 9.29. The van der Waals surface area contributed by atoms with Crippen molar-refractivity contribution in [1.29, 1.82) is 0 Å². The molecule has 1 aromatic heterocycles. The molecule has 2 aromatic rings. The van der Waals surface area contributed by atoms with Crippen LogP contribution >= 0.6 is 0 Å². The zero-order chi connectivity index (χ0) is 13.5. The summed E-state index contributed by atoms with van der Waals surface area (Å²) >= 11 is 0. The van der Waals surface area contributed by atoms with Crippen molar-refractivity contribution in [2.75, 3.05) is 25.1 Å². The first-order valence-electron chi connectivity index (χ1n) is 6.09. The molecule has 2 rings (SSSR count). The number of hydrogen-bond donors (Lipinski definition) is 0. The van der Waals surface area contributed by atoms with Crippen LogP contribution in [0.1, 0.15) is 10.4 Å². The minimum Gasteiger partial charge on any atom is -0.492 e. The van der Waals surface area contributed by atoms with E-state index in [-0.39, 0.29) is 0 Å². The Morgan fingerprint density at radius 1 is 1.16 bits per heavy atom. The maximum atomic E-state index is 10.5. The molecule has 0 atom stereocenters. The quantitative estimate of drug-likeness (QED) is 0.744. The predicted octanol–water partition coefficient (Wildman–Crippen LogP) is 2.41. The Bertz CT molecular complexity index is 511. The normalized spacial score (nSPS) is 9.95. The highest BCUT2D eigenvalue weighted by Gasteiger charge is 2.00. The van der Waals surface area contributed by atoms with E-state index in [1.54, 1.807) is 36.7 Å². The second kappa shape index (κ2) is 6.54. The number of ether oxygens (including phenoxy) is 1. The molecule has 0 radical (unpaired) electrons. The fraction of sp³-hybridized carbons (Fsp3) is 0.200. The highest BCUT2D eigenvalue weighted by molar-refractivity contribution is 5.74. The number of anilines is 1. The summed E-state index contributed by atoms with van der Waals surface area (Å²) in [5, 5.41) is 0. The molecule has 0 unspecified atom stereocenters. The molecule has 19 heavy (non-hydrogen) atoms. The van der Waals surface area contributed by atoms with E-state index in [1.165, 1.54) is 0 Å². The van der Waals surface area contributed by atoms with Gasteiger partial charge in [-0.3, -0.25) is 9.78 Å². The molecule has 0 bridgehead atoms. The molecule has 0 fully saturated rings. The third-order valence-electron chi connectivity index (χ3n) is 2.82. The van der Waals surface area contributed by atoms with Crippen molar-refractivity contribution in [2.45, 2.75) is 0 Å². The largest absolute Gasteiger partial charge is 0.492 e. The van der Waals surface area contributed by atoms with Gasteiger partial charge in [0.05, 0.1) is 6.54 Å². The topological polar surface area (TPSA) is 42.4 Å². The van der Waals surface area contributed by atoms with Crippen LogP contribution in [0.5, 0.6) is 5.75 Å². The minimum atomic E-state index is 0.583. The summed E-state index contributed by atoms with van der Waals surface area (Å²) in [7, 11) is 2.01. The van der Waals surface area contributed by atoms with Crippen molar-refractivity contribution in [1.82, 2.24) is 4.98 Å². The molecule has 0 saturated heterocycles. The number of aldehydes is 1. The lowest BCUT2D eigenvalue weighted by molar-refractivity contribution is 0.112. The number of benzene rings is 1. The molecule has 0 aliphatic heterocycles. The Morgan fingerprint density at radius 2 is 1.84 bits per heavy atom. The van der Waals surface area contributed by atoms with Gasteiger partial charge >= 0.3 is 0 Å². The first kappa shape index (κ1) is 13.1. The number of nitrogens with zero attached hydrogens (tertiary/aromatic N) is 2. The molecule has 0 aliphatic rings. The summed E-state index contributed by atoms with van der Waals surface area (Å²) in [6.45, 7) is 1.36. The number of carbonyl (C=O) groups excluding carboxylic acids is 1. The van der Waals surface area contributed by atoms with Gasteiger partial charge in [-0.05, 0) is 36.4 Å². The van der Waals surface area contributed by atoms with Gasteiger partial charge < -0.3 is 9.64 Å². The Kier molecular flexibility index (Phi) is 4.50. The van der Waals surface area contributed by atoms with Crippen LogP contribution in [0.15, 0.2) is 48.8 Å². The first-order valence-corrected chi connectivity index (χ1v) is 6.09. The smallest absolute Gasteiger partial charge is 0.150 e. The van der Waals surface area contributed by atoms with Gasteiger partial charge in [-0.15, -0.1) is 0 Å². The van der Waals surface area contributed by atoms with Crippen LogP contribution < -0.4 is 9.64 Å². The number of pyridine rings is 1. The number of carbonyl (C=O) groups is 1. The van der Waals surface area contributed by atoms with Crippen LogP contribution in [0.4, 0.5) is 5.69 Å². The van der Waals surface area contributed by atoms with E-state index in [4.69, 9.17) is 4.74 Å². The Labute approximate surface area is 112 Å². The second-order valence-electron chi connectivity index (χ2n) is 4.16. The average molecular weight is 256 g/mol. The van der Waals surface area contributed by atoms with Gasteiger partial charge in [0.25, 0.3) is 0 Å². The van der Waals surface area contributed by atoms with Crippen LogP contribution in [-0.2, 0) is 0 Å². The molecule has 0 aliphatic carbocycles. The Hall–Kier alpha value is -2.36. The maximum absolute atomic E-state index is 10.5. The highest BCUT2D eigenvalue weighted by Crippen LogP contribution is 2.12. The average Bonchev–Trinajstić information content (AvgIpc) is 2.49. The van der Waals surface area contributed by atoms with Gasteiger partial charge in [-0.1, -0.05) is 0 Å². The van der Waals surface area contributed by atoms with E-state index in [0.717, 1.165) is 24.3 Å². The molecule has 0 amide bonds. The summed E-state index contributed by atoms with van der Waals surface area (Å²) in [5.74, 6) is 0.772. The zero-order valence-electron chi connectivity index (χ0n) is 10.8. The van der Waals surface area contributed by atoms with Gasteiger partial charge in [0.2, 0.25) is 0 Å². The third kappa shape index (κ3) is 3.81. The van der Waals surface area contributed by atoms with Crippen LogP contribution in [0, 0.1) is 0 Å². The lowest BCUT2D eigenvalue weighted by Crippen LogP contribution is -2.23. The van der Waals surface area contributed by atoms with Crippen LogP contribution in [0.2, 0.25) is 0 Å². The number of likely N-dealkylation sites (N-methyl/N-ethyl adjacent to an activating group) is 1. The van der Waals surface area contributed by atoms with Crippen molar-refractivity contribution in [3.8, 4) is 5.75 Å². The van der Waals surface area contributed by atoms with E-state index >= 15 is 0 Å². The minimum absolute atomic E-state index is 0.583. The number of hydrogen-bond acceptors (Lipinski definition) is 4. The highest BCUT2D eigenvalue weighted by atomic mass is 16.5. The van der Waals surface area contributed by atoms with E-state index in [1.807, 2.05) is 19.2 Å². The molecular formula is C15H16N2O2. The monoisotopic (exact) mass is 256 g/mol. The fourth-order valence-corrected chi connectivity index (χ4v) is 1.67. The van der Waals surface area contributed by atoms with E-state index in [9.17, 15) is 4.79 Å². The molecule has 1 aromatic carbocycles. The van der Waals surface area contributed by atoms with Crippen molar-refractivity contribution < 1.29 is 9.53 Å². The number of aromatic nitrogens is 1. The standard InChI is InChI=1S/C15H16N2O2/c1-17(14-6-8-16-9-7-14)10-11-19-15-4-2-13(12-18)3-5-15/h2-9,12H,10-11H2,1H3. The summed E-state index contributed by atoms with van der Waals surface area (Å²) in [5.41, 5.74) is 1.76. The molecule has 1 heterocycles. The van der Waals surface area contributed by atoms with Crippen molar-refractivity contribution >= 4 is 12.0 Å². The summed E-state index contributed by atoms with van der Waals surface area (Å²) in [6, 6.07) is 11.0. The Morgan fingerprint density at radius 3 is 2.47 bits per heavy atom. The molecule has 4 heteroatoms. The molecule has 0 spiro atoms. The summed E-state index contributed by atoms with van der Waals surface area (Å²) in [6.07, 6.45) is 4.36. The molecule has 0 saturated carbocycles. The van der Waals surface area contributed by atoms with Crippen molar-refractivity contribution in [3.05, 3.63) is 54.4 Å². The Balaban J connectivity index is 1.81. The van der Waals surface area contributed by atoms with E-state index < -0.39 is 0 Å². The summed E-state index contributed by atoms with van der Waals surface area (Å²) in [4.78, 5) is 16.6. The molecule has 0 N–H and O–H groups in total. The molecule has 4 nitrogen and oxygen atoms in total. The zero-order valence-corrected chi connectivity index (χ0v) is 10.8. The predicted molar refractivity (Wildman–Crippen MR) is 74.8 cm³/mol. The van der Waals surface area contributed by atoms with E-state index in [2.05, 4.69) is 9.88 Å². The van der Waals surface area contributed by atoms with Gasteiger partial charge in [0.1, 0.15) is 18.6 Å². The van der Waals surface area contributed by atoms with Crippen molar-refractivity contribution in [3.63, 3.8) is 0 Å². The molecule has 98 valence electrons. The SMILES string of the molecule is CN(CCOc1ccc(C=O)cc1)c1ccncc1. The lowest BCUT2D eigenvalue weighted by Gasteiger charge is -2.19. The van der Waals surface area contributed by atoms with Gasteiger partial charge in [0, 0.05) is 30.7 Å². The van der Waals surface area contributed by atoms with Crippen LogP contribution in [0.3, 0.4) is 0 Å². The third-order valence-corrected chi connectivity index (χ3v) is 2.82.